The molecule has 10 heteroatoms. The summed E-state index contributed by atoms with van der Waals surface area (Å²) in [6.45, 7) is 0. The van der Waals surface area contributed by atoms with Crippen LogP contribution >= 0.6 is 11.8 Å². The maximum atomic E-state index is 10.1. The molecular formula is C5H11FeNO6S2+. The molecule has 0 rings (SSSR count). The first-order chi connectivity index (χ1) is 6.18. The van der Waals surface area contributed by atoms with Gasteiger partial charge in [0.05, 0.1) is 0 Å². The molecule has 15 heavy (non-hydrogen) atoms. The SMILES string of the molecule is CSCCC(N)C(=O)O.O=S(=O)([O-])[O-].[Fe+3]. The van der Waals surface area contributed by atoms with Crippen molar-refractivity contribution in [1.29, 1.82) is 0 Å². The standard InChI is InChI=1S/C5H11NO2S.Fe.H2O4S/c1-9-3-2-4(6)5(7)8;;1-5(2,3)4/h4H,2-3,6H2,1H3,(H,7,8);;(H2,1,2,3,4)/q;+3;/p-2. The van der Waals surface area contributed by atoms with Crippen LogP contribution < -0.4 is 5.73 Å². The Morgan fingerprint density at radius 1 is 1.53 bits per heavy atom. The summed E-state index contributed by atoms with van der Waals surface area (Å²) in [5.74, 6) is -0.1000. The Balaban J connectivity index is -0.000000208. The van der Waals surface area contributed by atoms with Crippen molar-refractivity contribution in [3.63, 3.8) is 0 Å². The van der Waals surface area contributed by atoms with E-state index < -0.39 is 22.4 Å². The molecular weight excluding hydrogens is 290 g/mol. The predicted octanol–water partition coefficient (Wildman–Crippen LogP) is -1.19. The summed E-state index contributed by atoms with van der Waals surface area (Å²) in [5, 5.41) is 8.27. The van der Waals surface area contributed by atoms with Crippen LogP contribution in [-0.4, -0.2) is 46.6 Å². The molecule has 0 aromatic heterocycles. The molecule has 7 nitrogen and oxygen atoms in total. The monoisotopic (exact) mass is 301 g/mol. The molecule has 0 aliphatic heterocycles. The van der Waals surface area contributed by atoms with Gasteiger partial charge in [-0.15, -0.1) is 0 Å². The molecule has 1 atom stereocenters. The van der Waals surface area contributed by atoms with Gasteiger partial charge in [0.25, 0.3) is 0 Å². The minimum atomic E-state index is -5.17. The summed E-state index contributed by atoms with van der Waals surface area (Å²) in [6.07, 6.45) is 2.48. The number of carbonyl (C=O) groups is 1. The van der Waals surface area contributed by atoms with E-state index in [1.54, 1.807) is 11.8 Å². The Labute approximate surface area is 103 Å². The molecule has 91 valence electrons. The summed E-state index contributed by atoms with van der Waals surface area (Å²) < 4.78 is 34.1. The zero-order valence-electron chi connectivity index (χ0n) is 7.73. The van der Waals surface area contributed by atoms with E-state index in [2.05, 4.69) is 0 Å². The number of rotatable bonds is 4. The fraction of sp³-hybridized carbons (Fsp3) is 0.800. The Hall–Kier alpha value is 0.169. The molecule has 1 unspecified atom stereocenters. The van der Waals surface area contributed by atoms with Crippen molar-refractivity contribution in [2.24, 2.45) is 5.73 Å². The van der Waals surface area contributed by atoms with Gasteiger partial charge in [0.15, 0.2) is 0 Å². The number of hydrogen-bond acceptors (Lipinski definition) is 7. The van der Waals surface area contributed by atoms with E-state index in [1.807, 2.05) is 6.26 Å². The van der Waals surface area contributed by atoms with Gasteiger partial charge in [-0.2, -0.15) is 11.8 Å². The second kappa shape index (κ2) is 10.7. The van der Waals surface area contributed by atoms with Crippen LogP contribution in [0.4, 0.5) is 0 Å². The zero-order valence-corrected chi connectivity index (χ0v) is 10.5. The zero-order chi connectivity index (χ0) is 11.8. The van der Waals surface area contributed by atoms with Gasteiger partial charge in [-0.25, -0.2) is 0 Å². The molecule has 0 aromatic rings. The third kappa shape index (κ3) is 31.4. The van der Waals surface area contributed by atoms with Crippen LogP contribution in [0.15, 0.2) is 0 Å². The molecule has 0 saturated heterocycles. The molecule has 0 heterocycles. The number of hydrogen-bond donors (Lipinski definition) is 2. The average molecular weight is 301 g/mol. The third-order valence-electron chi connectivity index (χ3n) is 0.950. The summed E-state index contributed by atoms with van der Waals surface area (Å²) >= 11 is 1.60. The molecule has 0 bridgehead atoms. The van der Waals surface area contributed by atoms with Gasteiger partial charge < -0.3 is 19.9 Å². The van der Waals surface area contributed by atoms with Crippen LogP contribution in [0.2, 0.25) is 0 Å². The van der Waals surface area contributed by atoms with E-state index in [0.717, 1.165) is 5.75 Å². The largest absolute Gasteiger partial charge is 3.00 e. The summed E-state index contributed by atoms with van der Waals surface area (Å²) in [5.41, 5.74) is 5.19. The van der Waals surface area contributed by atoms with E-state index in [4.69, 9.17) is 28.4 Å². The van der Waals surface area contributed by atoms with Crippen LogP contribution in [0, 0.1) is 0 Å². The Bertz CT molecular complexity index is 248. The summed E-state index contributed by atoms with van der Waals surface area (Å²) in [7, 11) is -5.17. The minimum absolute atomic E-state index is 0. The van der Waals surface area contributed by atoms with Gasteiger partial charge in [-0.05, 0) is 18.4 Å². The molecule has 0 amide bonds. The topological polar surface area (TPSA) is 144 Å². The van der Waals surface area contributed by atoms with E-state index in [1.165, 1.54) is 0 Å². The normalized spacial score (nSPS) is 11.7. The number of aliphatic carboxylic acids is 1. The van der Waals surface area contributed by atoms with Gasteiger partial charge >= 0.3 is 23.0 Å². The first-order valence-electron chi connectivity index (χ1n) is 3.32. The second-order valence-corrected chi connectivity index (χ2v) is 3.94. The minimum Gasteiger partial charge on any atom is -0.759 e. The summed E-state index contributed by atoms with van der Waals surface area (Å²) in [6, 6.07) is -0.683. The Kier molecular flexibility index (Phi) is 14.6. The number of thioether (sulfide) groups is 1. The molecule has 3 N–H and O–H groups in total. The maximum Gasteiger partial charge on any atom is 3.00 e. The van der Waals surface area contributed by atoms with Gasteiger partial charge in [-0.1, -0.05) is 0 Å². The molecule has 0 spiro atoms. The maximum absolute atomic E-state index is 10.1. The van der Waals surface area contributed by atoms with Crippen molar-refractivity contribution in [1.82, 2.24) is 0 Å². The van der Waals surface area contributed by atoms with Gasteiger partial charge in [-0.3, -0.25) is 13.2 Å². The first-order valence-corrected chi connectivity index (χ1v) is 6.05. The van der Waals surface area contributed by atoms with E-state index in [-0.39, 0.29) is 17.1 Å². The van der Waals surface area contributed by atoms with Crippen LogP contribution in [0.25, 0.3) is 0 Å². The van der Waals surface area contributed by atoms with Crippen molar-refractivity contribution in [2.45, 2.75) is 12.5 Å². The molecule has 0 aliphatic carbocycles. The van der Waals surface area contributed by atoms with E-state index in [9.17, 15) is 4.79 Å². The summed E-state index contributed by atoms with van der Waals surface area (Å²) in [4.78, 5) is 10.1. The number of carboxylic acids is 1. The third-order valence-corrected chi connectivity index (χ3v) is 1.59. The van der Waals surface area contributed by atoms with Crippen molar-refractivity contribution in [2.75, 3.05) is 12.0 Å². The fourth-order valence-electron chi connectivity index (χ4n) is 0.368. The van der Waals surface area contributed by atoms with Gasteiger partial charge in [0, 0.05) is 10.4 Å². The van der Waals surface area contributed by atoms with Gasteiger partial charge in [0.2, 0.25) is 0 Å². The van der Waals surface area contributed by atoms with Gasteiger partial charge in [0.1, 0.15) is 6.04 Å². The molecule has 0 saturated carbocycles. The van der Waals surface area contributed by atoms with E-state index >= 15 is 0 Å². The fourth-order valence-corrected chi connectivity index (χ4v) is 0.858. The van der Waals surface area contributed by atoms with Crippen LogP contribution in [0.5, 0.6) is 0 Å². The van der Waals surface area contributed by atoms with Crippen molar-refractivity contribution < 1.29 is 44.5 Å². The van der Waals surface area contributed by atoms with Crippen LogP contribution in [0.3, 0.4) is 0 Å². The van der Waals surface area contributed by atoms with E-state index in [0.29, 0.717) is 6.42 Å². The molecule has 0 aliphatic rings. The number of carboxylic acid groups (broad SMARTS) is 1. The first kappa shape index (κ1) is 20.6. The van der Waals surface area contributed by atoms with Crippen molar-refractivity contribution >= 4 is 28.1 Å². The Morgan fingerprint density at radius 2 is 1.87 bits per heavy atom. The van der Waals surface area contributed by atoms with Crippen LogP contribution in [0.1, 0.15) is 6.42 Å². The quantitative estimate of drug-likeness (QED) is 0.375. The molecule has 1 radical (unpaired) electrons. The molecule has 0 aromatic carbocycles. The van der Waals surface area contributed by atoms with Crippen LogP contribution in [-0.2, 0) is 32.3 Å². The predicted molar refractivity (Wildman–Crippen MR) is 49.1 cm³/mol. The number of nitrogens with two attached hydrogens (primary N) is 1. The molecule has 0 fully saturated rings. The smallest absolute Gasteiger partial charge is 0.759 e. The average Bonchev–Trinajstić information content (AvgIpc) is 1.96. The second-order valence-electron chi connectivity index (χ2n) is 2.13. The van der Waals surface area contributed by atoms with Crippen molar-refractivity contribution in [3.8, 4) is 0 Å². The Morgan fingerprint density at radius 3 is 2.07 bits per heavy atom. The van der Waals surface area contributed by atoms with Crippen molar-refractivity contribution in [3.05, 3.63) is 0 Å².